The molecule has 1 rings (SSSR count). The summed E-state index contributed by atoms with van der Waals surface area (Å²) >= 11 is 0.464. The Morgan fingerprint density at radius 2 is 2.00 bits per heavy atom. The highest BCUT2D eigenvalue weighted by atomic mass is 32.2. The molecule has 1 amide bonds. The van der Waals surface area contributed by atoms with Gasteiger partial charge in [-0.15, -0.1) is 10.2 Å². The molecule has 11 heteroatoms. The summed E-state index contributed by atoms with van der Waals surface area (Å²) in [6.07, 6.45) is -4.39. The van der Waals surface area contributed by atoms with Crippen LogP contribution >= 0.6 is 11.8 Å². The maximum absolute atomic E-state index is 13.0. The van der Waals surface area contributed by atoms with Gasteiger partial charge in [0.05, 0.1) is 6.04 Å². The molecule has 0 aromatic carbocycles. The highest BCUT2D eigenvalue weighted by molar-refractivity contribution is 8.13. The number of halogens is 3. The van der Waals surface area contributed by atoms with Gasteiger partial charge in [-0.25, -0.2) is 0 Å². The normalized spacial score (nSPS) is 14.6. The third-order valence-electron chi connectivity index (χ3n) is 2.86. The Morgan fingerprint density at radius 3 is 2.43 bits per heavy atom. The van der Waals surface area contributed by atoms with E-state index in [9.17, 15) is 22.8 Å². The molecule has 0 fully saturated rings. The van der Waals surface area contributed by atoms with Crippen molar-refractivity contribution >= 4 is 22.8 Å². The van der Waals surface area contributed by atoms with Gasteiger partial charge in [0.25, 0.3) is 0 Å². The zero-order valence-electron chi connectivity index (χ0n) is 12.8. The number of H-pyrrole nitrogens is 1. The monoisotopic (exact) mass is 353 g/mol. The van der Waals surface area contributed by atoms with Gasteiger partial charge in [0, 0.05) is 12.7 Å². The molecular formula is C12H18F3N5O2S. The number of carbonyl (C=O) groups is 2. The molecular weight excluding hydrogens is 335 g/mol. The Balaban J connectivity index is 2.86. The van der Waals surface area contributed by atoms with Gasteiger partial charge in [0.15, 0.2) is 10.9 Å². The number of rotatable bonds is 7. The summed E-state index contributed by atoms with van der Waals surface area (Å²) in [6.45, 7) is 4.86. The summed E-state index contributed by atoms with van der Waals surface area (Å²) < 4.78 is 39.1. The fourth-order valence-corrected chi connectivity index (χ4v) is 2.55. The van der Waals surface area contributed by atoms with Gasteiger partial charge < -0.3 is 5.32 Å². The molecule has 0 bridgehead atoms. The first-order chi connectivity index (χ1) is 10.6. The number of hydrogen-bond acceptors (Lipinski definition) is 6. The lowest BCUT2D eigenvalue weighted by Gasteiger charge is -2.23. The molecule has 1 heterocycles. The maximum Gasteiger partial charge on any atom is 0.401 e. The zero-order chi connectivity index (χ0) is 17.6. The van der Waals surface area contributed by atoms with Crippen LogP contribution in [0.2, 0.25) is 0 Å². The molecule has 7 nitrogen and oxygen atoms in total. The second-order valence-corrected chi connectivity index (χ2v) is 6.55. The maximum atomic E-state index is 13.0. The molecule has 23 heavy (non-hydrogen) atoms. The average Bonchev–Trinajstić information content (AvgIpc) is 2.89. The molecule has 0 aliphatic rings. The second-order valence-electron chi connectivity index (χ2n) is 5.36. The molecule has 2 atom stereocenters. The third kappa shape index (κ3) is 6.55. The van der Waals surface area contributed by atoms with Crippen LogP contribution in [0.3, 0.4) is 0 Å². The Hall–Kier alpha value is -1.65. The summed E-state index contributed by atoms with van der Waals surface area (Å²) in [7, 11) is 0. The Morgan fingerprint density at radius 1 is 1.35 bits per heavy atom. The number of aromatic amines is 1. The van der Waals surface area contributed by atoms with Crippen molar-refractivity contribution in [3.05, 3.63) is 5.82 Å². The van der Waals surface area contributed by atoms with Crippen LogP contribution in [0.1, 0.15) is 39.1 Å². The van der Waals surface area contributed by atoms with Crippen molar-refractivity contribution in [3.8, 4) is 0 Å². The lowest BCUT2D eigenvalue weighted by Crippen LogP contribution is -2.43. The summed E-state index contributed by atoms with van der Waals surface area (Å²) in [5, 5.41) is 14.8. The van der Waals surface area contributed by atoms with Crippen molar-refractivity contribution in [2.24, 2.45) is 11.8 Å². The van der Waals surface area contributed by atoms with E-state index in [4.69, 9.17) is 0 Å². The van der Waals surface area contributed by atoms with Crippen LogP contribution in [0.25, 0.3) is 0 Å². The van der Waals surface area contributed by atoms with Gasteiger partial charge in [-0.3, -0.25) is 9.59 Å². The summed E-state index contributed by atoms with van der Waals surface area (Å²) in [4.78, 5) is 22.9. The molecule has 1 aromatic rings. The van der Waals surface area contributed by atoms with Crippen molar-refractivity contribution < 1.29 is 22.8 Å². The van der Waals surface area contributed by atoms with Crippen LogP contribution in [0.4, 0.5) is 13.2 Å². The number of amides is 1. The predicted octanol–water partition coefficient (Wildman–Crippen LogP) is 1.86. The summed E-state index contributed by atoms with van der Waals surface area (Å²) in [5.74, 6) is -3.94. The molecule has 0 aliphatic carbocycles. The first-order valence-corrected chi connectivity index (χ1v) is 7.83. The van der Waals surface area contributed by atoms with Crippen LogP contribution in [0, 0.1) is 11.8 Å². The lowest BCUT2D eigenvalue weighted by molar-refractivity contribution is -0.178. The van der Waals surface area contributed by atoms with Crippen LogP contribution in [0.5, 0.6) is 0 Å². The Labute approximate surface area is 135 Å². The molecule has 0 radical (unpaired) electrons. The first-order valence-electron chi connectivity index (χ1n) is 6.85. The van der Waals surface area contributed by atoms with Crippen LogP contribution < -0.4 is 5.32 Å². The molecule has 130 valence electrons. The molecule has 2 N–H and O–H groups in total. The quantitative estimate of drug-likeness (QED) is 0.776. The van der Waals surface area contributed by atoms with E-state index in [2.05, 4.69) is 25.9 Å². The largest absolute Gasteiger partial charge is 0.401 e. The molecule has 0 saturated heterocycles. The average molecular weight is 353 g/mol. The van der Waals surface area contributed by atoms with E-state index >= 15 is 0 Å². The molecule has 0 unspecified atom stereocenters. The van der Waals surface area contributed by atoms with Gasteiger partial charge in [0.1, 0.15) is 5.92 Å². The minimum Gasteiger partial charge on any atom is -0.345 e. The SMILES string of the molecule is CC(=O)SC[C@@H](C(=O)N[C@H](CC(C)C)c1nn[nH]n1)C(F)(F)F. The number of thioether (sulfide) groups is 1. The number of nitrogens with one attached hydrogen (secondary N) is 2. The third-order valence-corrected chi connectivity index (χ3v) is 3.77. The van der Waals surface area contributed by atoms with E-state index in [0.717, 1.165) is 6.92 Å². The highest BCUT2D eigenvalue weighted by Gasteiger charge is 2.45. The van der Waals surface area contributed by atoms with Gasteiger partial charge in [0.2, 0.25) is 5.91 Å². The predicted molar refractivity (Wildman–Crippen MR) is 77.2 cm³/mol. The van der Waals surface area contributed by atoms with E-state index in [-0.39, 0.29) is 11.7 Å². The second kappa shape index (κ2) is 8.27. The number of nitrogens with zero attached hydrogens (tertiary/aromatic N) is 3. The van der Waals surface area contributed by atoms with Gasteiger partial charge >= 0.3 is 6.18 Å². The smallest absolute Gasteiger partial charge is 0.345 e. The van der Waals surface area contributed by atoms with E-state index in [1.807, 2.05) is 13.8 Å². The van der Waals surface area contributed by atoms with Crippen molar-refractivity contribution in [3.63, 3.8) is 0 Å². The first kappa shape index (κ1) is 19.4. The van der Waals surface area contributed by atoms with Crippen molar-refractivity contribution in [2.75, 3.05) is 5.75 Å². The van der Waals surface area contributed by atoms with Crippen LogP contribution in [-0.2, 0) is 9.59 Å². The number of alkyl halides is 3. The van der Waals surface area contributed by atoms with Crippen LogP contribution in [0.15, 0.2) is 0 Å². The van der Waals surface area contributed by atoms with E-state index in [0.29, 0.717) is 18.2 Å². The lowest BCUT2D eigenvalue weighted by atomic mass is 10.0. The number of aromatic nitrogens is 4. The van der Waals surface area contributed by atoms with Crippen molar-refractivity contribution in [1.82, 2.24) is 25.9 Å². The van der Waals surface area contributed by atoms with Crippen molar-refractivity contribution in [2.45, 2.75) is 39.4 Å². The number of hydrogen-bond donors (Lipinski definition) is 2. The van der Waals surface area contributed by atoms with E-state index in [1.54, 1.807) is 0 Å². The minimum atomic E-state index is -4.74. The van der Waals surface area contributed by atoms with Gasteiger partial charge in [-0.1, -0.05) is 30.8 Å². The Kier molecular flexibility index (Phi) is 6.98. The van der Waals surface area contributed by atoms with Crippen molar-refractivity contribution in [1.29, 1.82) is 0 Å². The number of tetrazole rings is 1. The van der Waals surface area contributed by atoms with Gasteiger partial charge in [-0.05, 0) is 12.3 Å². The van der Waals surface area contributed by atoms with E-state index in [1.165, 1.54) is 0 Å². The topological polar surface area (TPSA) is 101 Å². The summed E-state index contributed by atoms with van der Waals surface area (Å²) in [6, 6.07) is -0.784. The fraction of sp³-hybridized carbons (Fsp3) is 0.750. The highest BCUT2D eigenvalue weighted by Crippen LogP contribution is 2.30. The molecule has 0 spiro atoms. The minimum absolute atomic E-state index is 0.0923. The molecule has 0 saturated carbocycles. The van der Waals surface area contributed by atoms with Crippen LogP contribution in [-0.4, -0.2) is 43.6 Å². The standard InChI is InChI=1S/C12H18F3N5O2S/c1-6(2)4-9(10-17-19-20-18-10)16-11(22)8(12(13,14)15)5-23-7(3)21/h6,8-9H,4-5H2,1-3H3,(H,16,22)(H,17,18,19,20)/t8-,9+/m0/s1. The fourth-order valence-electron chi connectivity index (χ4n) is 1.81. The van der Waals surface area contributed by atoms with E-state index < -0.39 is 34.9 Å². The van der Waals surface area contributed by atoms with Gasteiger partial charge in [-0.2, -0.15) is 18.4 Å². The zero-order valence-corrected chi connectivity index (χ0v) is 13.7. The Bertz CT molecular complexity index is 521. The summed E-state index contributed by atoms with van der Waals surface area (Å²) in [5.41, 5.74) is 0. The molecule has 0 aliphatic heterocycles. The molecule has 1 aromatic heterocycles. The number of carbonyl (C=O) groups excluding carboxylic acids is 2.